The van der Waals surface area contributed by atoms with Crippen LogP contribution in [0.5, 0.6) is 5.75 Å². The van der Waals surface area contributed by atoms with Crippen molar-refractivity contribution in [3.8, 4) is 5.75 Å². The van der Waals surface area contributed by atoms with Crippen LogP contribution in [-0.2, 0) is 9.59 Å². The summed E-state index contributed by atoms with van der Waals surface area (Å²) in [4.78, 5) is 29.0. The number of hydrogen-bond donors (Lipinski definition) is 1. The molecule has 146 valence electrons. The number of aryl methyl sites for hydroxylation is 1. The number of halogens is 1. The molecule has 28 heavy (non-hydrogen) atoms. The zero-order valence-electron chi connectivity index (χ0n) is 15.7. The van der Waals surface area contributed by atoms with E-state index in [0.29, 0.717) is 29.5 Å². The van der Waals surface area contributed by atoms with Crippen molar-refractivity contribution in [2.45, 2.75) is 19.4 Å². The molecule has 1 unspecified atom stereocenters. The molecule has 2 aromatic carbocycles. The molecule has 0 aromatic heterocycles. The van der Waals surface area contributed by atoms with Crippen LogP contribution in [0.1, 0.15) is 12.0 Å². The third kappa shape index (κ3) is 3.78. The third-order valence-corrected chi connectivity index (χ3v) is 5.45. The van der Waals surface area contributed by atoms with E-state index in [2.05, 4.69) is 17.1 Å². The Balaban J connectivity index is 1.36. The van der Waals surface area contributed by atoms with Crippen LogP contribution in [-0.4, -0.2) is 49.0 Å². The summed E-state index contributed by atoms with van der Waals surface area (Å²) in [6, 6.07) is 13.1. The zero-order chi connectivity index (χ0) is 19.7. The van der Waals surface area contributed by atoms with E-state index in [1.165, 1.54) is 0 Å². The lowest BCUT2D eigenvalue weighted by molar-refractivity contribution is -0.137. The van der Waals surface area contributed by atoms with E-state index in [0.717, 1.165) is 24.3 Å². The predicted molar refractivity (Wildman–Crippen MR) is 109 cm³/mol. The van der Waals surface area contributed by atoms with E-state index in [4.69, 9.17) is 16.3 Å². The van der Waals surface area contributed by atoms with Gasteiger partial charge in [0.2, 0.25) is 5.91 Å². The van der Waals surface area contributed by atoms with Crippen LogP contribution in [0.25, 0.3) is 0 Å². The lowest BCUT2D eigenvalue weighted by atomic mass is 10.1. The van der Waals surface area contributed by atoms with Crippen LogP contribution < -0.4 is 15.0 Å². The second-order valence-electron chi connectivity index (χ2n) is 7.09. The van der Waals surface area contributed by atoms with E-state index in [-0.39, 0.29) is 18.2 Å². The number of anilines is 2. The highest BCUT2D eigenvalue weighted by atomic mass is 35.5. The van der Waals surface area contributed by atoms with Crippen LogP contribution in [0.15, 0.2) is 42.5 Å². The normalized spacial score (nSPS) is 18.9. The second kappa shape index (κ2) is 7.72. The molecule has 2 aromatic rings. The summed E-state index contributed by atoms with van der Waals surface area (Å²) in [5, 5.41) is 3.51. The maximum atomic E-state index is 12.7. The molecule has 2 amide bonds. The summed E-state index contributed by atoms with van der Waals surface area (Å²) in [6.07, 6.45) is -0.758. The molecule has 1 saturated heterocycles. The van der Waals surface area contributed by atoms with Crippen molar-refractivity contribution in [3.63, 3.8) is 0 Å². The molecule has 2 aliphatic rings. The largest absolute Gasteiger partial charge is 0.478 e. The predicted octanol–water partition coefficient (Wildman–Crippen LogP) is 3.09. The lowest BCUT2D eigenvalue weighted by Crippen LogP contribution is -2.50. The molecule has 0 saturated carbocycles. The Hall–Kier alpha value is -2.73. The number of amides is 2. The molecular weight excluding hydrogens is 378 g/mol. The molecule has 1 N–H and O–H groups in total. The molecule has 0 radical (unpaired) electrons. The van der Waals surface area contributed by atoms with Gasteiger partial charge in [-0.3, -0.25) is 9.59 Å². The van der Waals surface area contributed by atoms with Gasteiger partial charge >= 0.3 is 0 Å². The van der Waals surface area contributed by atoms with Crippen LogP contribution in [0, 0.1) is 6.92 Å². The molecule has 0 spiro atoms. The standard InChI is InChI=1S/C21H22ClN3O3/c1-14-6-7-15(22)12-17(14)24-8-10-25(11-9-24)20(26)13-19-21(27)23-16-4-2-3-5-18(16)28-19/h2-7,12,19H,8-11,13H2,1H3,(H,23,27). The minimum Gasteiger partial charge on any atom is -0.478 e. The maximum absolute atomic E-state index is 12.7. The number of para-hydroxylation sites is 2. The summed E-state index contributed by atoms with van der Waals surface area (Å²) < 4.78 is 5.74. The van der Waals surface area contributed by atoms with Gasteiger partial charge in [-0.15, -0.1) is 0 Å². The molecule has 1 fully saturated rings. The Bertz CT molecular complexity index is 910. The Morgan fingerprint density at radius 2 is 1.93 bits per heavy atom. The molecule has 6 nitrogen and oxygen atoms in total. The Morgan fingerprint density at radius 1 is 1.18 bits per heavy atom. The average Bonchev–Trinajstić information content (AvgIpc) is 2.70. The van der Waals surface area contributed by atoms with E-state index in [1.54, 1.807) is 17.0 Å². The number of carbonyl (C=O) groups is 2. The fraction of sp³-hybridized carbons (Fsp3) is 0.333. The Morgan fingerprint density at radius 3 is 2.71 bits per heavy atom. The molecule has 7 heteroatoms. The molecule has 2 heterocycles. The first-order chi connectivity index (χ1) is 13.5. The van der Waals surface area contributed by atoms with Crippen molar-refractivity contribution in [2.75, 3.05) is 36.4 Å². The van der Waals surface area contributed by atoms with Crippen molar-refractivity contribution in [3.05, 3.63) is 53.1 Å². The summed E-state index contributed by atoms with van der Waals surface area (Å²) >= 11 is 6.13. The molecule has 0 aliphatic carbocycles. The first-order valence-corrected chi connectivity index (χ1v) is 9.74. The van der Waals surface area contributed by atoms with Gasteiger partial charge in [0.05, 0.1) is 12.1 Å². The van der Waals surface area contributed by atoms with Gasteiger partial charge in [-0.25, -0.2) is 0 Å². The zero-order valence-corrected chi connectivity index (χ0v) is 16.4. The number of nitrogens with zero attached hydrogens (tertiary/aromatic N) is 2. The van der Waals surface area contributed by atoms with Crippen LogP contribution >= 0.6 is 11.6 Å². The summed E-state index contributed by atoms with van der Waals surface area (Å²) in [5.74, 6) is 0.253. The number of rotatable bonds is 3. The smallest absolute Gasteiger partial charge is 0.266 e. The van der Waals surface area contributed by atoms with Gasteiger partial charge < -0.3 is 19.9 Å². The number of carbonyl (C=O) groups excluding carboxylic acids is 2. The summed E-state index contributed by atoms with van der Waals surface area (Å²) in [6.45, 7) is 4.73. The second-order valence-corrected chi connectivity index (χ2v) is 7.53. The highest BCUT2D eigenvalue weighted by molar-refractivity contribution is 6.30. The molecule has 4 rings (SSSR count). The average molecular weight is 400 g/mol. The number of hydrogen-bond acceptors (Lipinski definition) is 4. The Labute approximate surface area is 169 Å². The molecule has 0 bridgehead atoms. The summed E-state index contributed by atoms with van der Waals surface area (Å²) in [7, 11) is 0. The first kappa shape index (κ1) is 18.6. The maximum Gasteiger partial charge on any atom is 0.266 e. The molecule has 1 atom stereocenters. The van der Waals surface area contributed by atoms with Gasteiger partial charge in [-0.05, 0) is 36.8 Å². The quantitative estimate of drug-likeness (QED) is 0.861. The van der Waals surface area contributed by atoms with E-state index in [1.807, 2.05) is 30.3 Å². The fourth-order valence-corrected chi connectivity index (χ4v) is 3.80. The number of ether oxygens (including phenoxy) is 1. The minimum atomic E-state index is -0.796. The minimum absolute atomic E-state index is 0.0381. The topological polar surface area (TPSA) is 61.9 Å². The SMILES string of the molecule is Cc1ccc(Cl)cc1N1CCN(C(=O)CC2Oc3ccccc3NC2=O)CC1. The van der Waals surface area contributed by atoms with Crippen molar-refractivity contribution < 1.29 is 14.3 Å². The van der Waals surface area contributed by atoms with E-state index >= 15 is 0 Å². The van der Waals surface area contributed by atoms with Crippen LogP contribution in [0.2, 0.25) is 5.02 Å². The highest BCUT2D eigenvalue weighted by Gasteiger charge is 2.32. The van der Waals surface area contributed by atoms with Gasteiger partial charge in [0.25, 0.3) is 5.91 Å². The first-order valence-electron chi connectivity index (χ1n) is 9.37. The fourth-order valence-electron chi connectivity index (χ4n) is 3.63. The molecule has 2 aliphatic heterocycles. The van der Waals surface area contributed by atoms with Crippen molar-refractivity contribution in [2.24, 2.45) is 0 Å². The summed E-state index contributed by atoms with van der Waals surface area (Å²) in [5.41, 5.74) is 2.91. The highest BCUT2D eigenvalue weighted by Crippen LogP contribution is 2.30. The van der Waals surface area contributed by atoms with E-state index < -0.39 is 6.10 Å². The van der Waals surface area contributed by atoms with Gasteiger partial charge in [0.1, 0.15) is 5.75 Å². The number of fused-ring (bicyclic) bond motifs is 1. The van der Waals surface area contributed by atoms with Crippen molar-refractivity contribution in [1.82, 2.24) is 4.90 Å². The van der Waals surface area contributed by atoms with Crippen LogP contribution in [0.4, 0.5) is 11.4 Å². The van der Waals surface area contributed by atoms with Crippen molar-refractivity contribution in [1.29, 1.82) is 0 Å². The number of piperazine rings is 1. The molecular formula is C21H22ClN3O3. The monoisotopic (exact) mass is 399 g/mol. The van der Waals surface area contributed by atoms with E-state index in [9.17, 15) is 9.59 Å². The van der Waals surface area contributed by atoms with Crippen LogP contribution in [0.3, 0.4) is 0 Å². The third-order valence-electron chi connectivity index (χ3n) is 5.21. The van der Waals surface area contributed by atoms with Gasteiger partial charge in [-0.1, -0.05) is 29.8 Å². The van der Waals surface area contributed by atoms with Gasteiger partial charge in [0, 0.05) is 36.9 Å². The number of benzene rings is 2. The lowest BCUT2D eigenvalue weighted by Gasteiger charge is -2.37. The van der Waals surface area contributed by atoms with Crippen molar-refractivity contribution >= 4 is 34.8 Å². The van der Waals surface area contributed by atoms with Gasteiger partial charge in [0.15, 0.2) is 6.10 Å². The Kier molecular flexibility index (Phi) is 5.13. The van der Waals surface area contributed by atoms with Gasteiger partial charge in [-0.2, -0.15) is 0 Å². The number of nitrogens with one attached hydrogen (secondary N) is 1.